The van der Waals surface area contributed by atoms with Crippen molar-refractivity contribution in [2.24, 2.45) is 0 Å². The summed E-state index contributed by atoms with van der Waals surface area (Å²) in [5.74, 6) is -0.448. The average Bonchev–Trinajstić information content (AvgIpc) is 3.59. The molecule has 3 aromatic carbocycles. The lowest BCUT2D eigenvalue weighted by Crippen LogP contribution is -2.52. The molecule has 39 heavy (non-hydrogen) atoms. The minimum atomic E-state index is -4.56. The molecular formula is C27H20F3N5O4. The van der Waals surface area contributed by atoms with E-state index >= 15 is 0 Å². The SMILES string of the molecule is COc1ccc2c(c1)C(=O)N(CC1(c3ccc(-c4cc(C(F)(F)F)cc5[nH]cnc45)cc3)NC(=O)NC1=O)C2. The van der Waals surface area contributed by atoms with Crippen LogP contribution in [-0.2, 0) is 23.1 Å². The number of hydrogen-bond donors (Lipinski definition) is 3. The van der Waals surface area contributed by atoms with Gasteiger partial charge in [-0.05, 0) is 41.0 Å². The first kappa shape index (κ1) is 24.5. The highest BCUT2D eigenvalue weighted by Gasteiger charge is 2.50. The smallest absolute Gasteiger partial charge is 0.416 e. The number of halogens is 3. The number of rotatable bonds is 5. The molecule has 6 rings (SSSR count). The Labute approximate surface area is 219 Å². The summed E-state index contributed by atoms with van der Waals surface area (Å²) in [7, 11) is 1.49. The second kappa shape index (κ2) is 8.58. The molecule has 2 aliphatic heterocycles. The van der Waals surface area contributed by atoms with Crippen LogP contribution in [0.5, 0.6) is 5.75 Å². The van der Waals surface area contributed by atoms with Crippen LogP contribution in [0.25, 0.3) is 22.2 Å². The average molecular weight is 535 g/mol. The summed E-state index contributed by atoms with van der Waals surface area (Å²) in [4.78, 5) is 46.9. The monoisotopic (exact) mass is 535 g/mol. The Morgan fingerprint density at radius 3 is 2.46 bits per heavy atom. The zero-order valence-corrected chi connectivity index (χ0v) is 20.3. The first-order chi connectivity index (χ1) is 18.6. The van der Waals surface area contributed by atoms with E-state index in [1.807, 2.05) is 0 Å². The maximum Gasteiger partial charge on any atom is 0.416 e. The van der Waals surface area contributed by atoms with Gasteiger partial charge in [-0.25, -0.2) is 9.78 Å². The van der Waals surface area contributed by atoms with Gasteiger partial charge in [0.15, 0.2) is 5.54 Å². The highest BCUT2D eigenvalue weighted by atomic mass is 19.4. The van der Waals surface area contributed by atoms with Gasteiger partial charge in [0.25, 0.3) is 11.8 Å². The molecule has 0 saturated carbocycles. The van der Waals surface area contributed by atoms with E-state index in [0.29, 0.717) is 28.0 Å². The lowest BCUT2D eigenvalue weighted by atomic mass is 9.87. The van der Waals surface area contributed by atoms with E-state index < -0.39 is 29.2 Å². The number of imide groups is 1. The Morgan fingerprint density at radius 1 is 1.03 bits per heavy atom. The van der Waals surface area contributed by atoms with Crippen molar-refractivity contribution in [3.05, 3.63) is 83.2 Å². The summed E-state index contributed by atoms with van der Waals surface area (Å²) in [5, 5.41) is 4.90. The molecule has 1 unspecified atom stereocenters. The van der Waals surface area contributed by atoms with Gasteiger partial charge >= 0.3 is 12.2 Å². The summed E-state index contributed by atoms with van der Waals surface area (Å²) >= 11 is 0. The summed E-state index contributed by atoms with van der Waals surface area (Å²) in [6.45, 7) is 0.0649. The van der Waals surface area contributed by atoms with Crippen molar-refractivity contribution in [2.75, 3.05) is 13.7 Å². The van der Waals surface area contributed by atoms with Crippen molar-refractivity contribution >= 4 is 28.9 Å². The topological polar surface area (TPSA) is 116 Å². The van der Waals surface area contributed by atoms with Gasteiger partial charge in [0.2, 0.25) is 0 Å². The van der Waals surface area contributed by atoms with Crippen LogP contribution >= 0.6 is 0 Å². The third kappa shape index (κ3) is 3.95. The highest BCUT2D eigenvalue weighted by Crippen LogP contribution is 2.38. The number of aromatic amines is 1. The lowest BCUT2D eigenvalue weighted by molar-refractivity contribution is -0.137. The van der Waals surface area contributed by atoms with Crippen molar-refractivity contribution in [1.82, 2.24) is 25.5 Å². The van der Waals surface area contributed by atoms with Gasteiger partial charge in [-0.1, -0.05) is 30.3 Å². The zero-order chi connectivity index (χ0) is 27.5. The molecule has 0 bridgehead atoms. The second-order valence-corrected chi connectivity index (χ2v) is 9.40. The van der Waals surface area contributed by atoms with Crippen LogP contribution in [0.3, 0.4) is 0 Å². The Kier molecular flexibility index (Phi) is 5.38. The van der Waals surface area contributed by atoms with E-state index in [1.54, 1.807) is 42.5 Å². The van der Waals surface area contributed by atoms with E-state index in [2.05, 4.69) is 20.6 Å². The predicted octanol–water partition coefficient (Wildman–Crippen LogP) is 3.95. The zero-order valence-electron chi connectivity index (χ0n) is 20.3. The van der Waals surface area contributed by atoms with Gasteiger partial charge in [-0.2, -0.15) is 13.2 Å². The number of ether oxygens (including phenoxy) is 1. The van der Waals surface area contributed by atoms with Crippen molar-refractivity contribution in [1.29, 1.82) is 0 Å². The number of alkyl halides is 3. The molecule has 3 N–H and O–H groups in total. The van der Waals surface area contributed by atoms with Crippen molar-refractivity contribution in [3.63, 3.8) is 0 Å². The standard InChI is InChI=1S/C27H20F3N5O4/c1-39-18-7-4-15-11-35(23(36)20(15)10-18)12-26(24(37)33-25(38)34-26)16-5-2-14(3-6-16)19-8-17(27(28,29)30)9-21-22(19)32-13-31-21/h2-10,13H,11-12H2,1H3,(H,31,32)(H2,33,34,37,38). The number of carbonyl (C=O) groups excluding carboxylic acids is 3. The minimum absolute atomic E-state index is 0.160. The van der Waals surface area contributed by atoms with Crippen molar-refractivity contribution in [3.8, 4) is 16.9 Å². The maximum absolute atomic E-state index is 13.5. The molecule has 0 radical (unpaired) electrons. The van der Waals surface area contributed by atoms with E-state index in [0.717, 1.165) is 17.7 Å². The summed E-state index contributed by atoms with van der Waals surface area (Å²) < 4.78 is 45.8. The fourth-order valence-electron chi connectivity index (χ4n) is 5.15. The highest BCUT2D eigenvalue weighted by molar-refractivity contribution is 6.08. The van der Waals surface area contributed by atoms with Gasteiger partial charge in [0, 0.05) is 17.7 Å². The van der Waals surface area contributed by atoms with Crippen molar-refractivity contribution in [2.45, 2.75) is 18.3 Å². The number of nitrogens with zero attached hydrogens (tertiary/aromatic N) is 2. The van der Waals surface area contributed by atoms with Crippen LogP contribution < -0.4 is 15.4 Å². The third-order valence-corrected chi connectivity index (χ3v) is 7.11. The molecule has 1 aromatic heterocycles. The quantitative estimate of drug-likeness (QED) is 0.335. The summed E-state index contributed by atoms with van der Waals surface area (Å²) in [6.07, 6.45) is -3.25. The Bertz CT molecular complexity index is 1660. The molecule has 1 saturated heterocycles. The molecule has 0 spiro atoms. The number of fused-ring (bicyclic) bond motifs is 2. The van der Waals surface area contributed by atoms with E-state index in [9.17, 15) is 27.6 Å². The number of urea groups is 1. The number of aromatic nitrogens is 2. The molecule has 4 aromatic rings. The van der Waals surface area contributed by atoms with Crippen LogP contribution in [0, 0.1) is 0 Å². The van der Waals surface area contributed by atoms with Crippen LogP contribution in [0.4, 0.5) is 18.0 Å². The number of hydrogen-bond acceptors (Lipinski definition) is 5. The van der Waals surface area contributed by atoms with E-state index in [1.165, 1.54) is 18.3 Å². The van der Waals surface area contributed by atoms with Gasteiger partial charge < -0.3 is 19.9 Å². The third-order valence-electron chi connectivity index (χ3n) is 7.11. The number of imidazole rings is 1. The number of carbonyl (C=O) groups is 3. The molecule has 198 valence electrons. The van der Waals surface area contributed by atoms with Crippen molar-refractivity contribution < 1.29 is 32.3 Å². The minimum Gasteiger partial charge on any atom is -0.497 e. The van der Waals surface area contributed by atoms with Gasteiger partial charge in [-0.3, -0.25) is 14.9 Å². The maximum atomic E-state index is 13.5. The van der Waals surface area contributed by atoms with Crippen LogP contribution in [0.1, 0.15) is 27.0 Å². The van der Waals surface area contributed by atoms with Gasteiger partial charge in [0.05, 0.1) is 36.6 Å². The molecule has 2 aliphatic rings. The molecule has 0 aliphatic carbocycles. The van der Waals surface area contributed by atoms with E-state index in [-0.39, 0.29) is 30.1 Å². The first-order valence-electron chi connectivity index (χ1n) is 11.8. The number of nitrogens with one attached hydrogen (secondary N) is 3. The van der Waals surface area contributed by atoms with Crippen LogP contribution in [-0.4, -0.2) is 46.4 Å². The Balaban J connectivity index is 1.37. The lowest BCUT2D eigenvalue weighted by Gasteiger charge is -2.31. The molecule has 4 amide bonds. The Morgan fingerprint density at radius 2 is 1.79 bits per heavy atom. The second-order valence-electron chi connectivity index (χ2n) is 9.40. The summed E-state index contributed by atoms with van der Waals surface area (Å²) in [6, 6.07) is 12.6. The molecule has 1 atom stereocenters. The number of methoxy groups -OCH3 is 1. The van der Waals surface area contributed by atoms with E-state index in [4.69, 9.17) is 4.74 Å². The molecular weight excluding hydrogens is 515 g/mol. The van der Waals surface area contributed by atoms with Crippen LogP contribution in [0.15, 0.2) is 60.9 Å². The number of benzene rings is 3. The fourth-order valence-corrected chi connectivity index (χ4v) is 5.15. The number of amides is 4. The number of H-pyrrole nitrogens is 1. The molecule has 3 heterocycles. The summed E-state index contributed by atoms with van der Waals surface area (Å²) in [5.41, 5.74) is 0.384. The largest absolute Gasteiger partial charge is 0.497 e. The molecule has 9 nitrogen and oxygen atoms in total. The first-order valence-corrected chi connectivity index (χ1v) is 11.8. The van der Waals surface area contributed by atoms with Gasteiger partial charge in [-0.15, -0.1) is 0 Å². The van der Waals surface area contributed by atoms with Gasteiger partial charge in [0.1, 0.15) is 5.75 Å². The fraction of sp³-hybridized carbons (Fsp3) is 0.185. The Hall–Kier alpha value is -4.87. The molecule has 1 fully saturated rings. The molecule has 12 heteroatoms. The normalized spacial score (nSPS) is 18.9. The predicted molar refractivity (Wildman–Crippen MR) is 133 cm³/mol. The van der Waals surface area contributed by atoms with Crippen LogP contribution in [0.2, 0.25) is 0 Å².